The maximum atomic E-state index is 13.7. The molecule has 5 N–H and O–H groups in total. The Hall–Kier alpha value is -5.32. The van der Waals surface area contributed by atoms with E-state index in [1.807, 2.05) is 55.5 Å². The van der Waals surface area contributed by atoms with Crippen molar-refractivity contribution in [2.24, 2.45) is 0 Å². The highest BCUT2D eigenvalue weighted by Gasteiger charge is 2.32. The SMILES string of the molecule is CCCc1nc(C(C)(C)O)c(C(=O)NCC(=O)OCc2ccc(CON(O)O)cc2)n1Cc1ccc(-c2ccccc2-c2nn[nH]n2)cc1. The first-order valence-electron chi connectivity index (χ1n) is 15.6. The molecule has 49 heavy (non-hydrogen) atoms. The molecular formula is C34H38N8O7. The van der Waals surface area contributed by atoms with Crippen molar-refractivity contribution in [3.05, 3.63) is 107 Å². The van der Waals surface area contributed by atoms with E-state index in [-0.39, 0.29) is 30.0 Å². The molecule has 0 aliphatic carbocycles. The molecule has 0 atom stereocenters. The van der Waals surface area contributed by atoms with E-state index >= 15 is 0 Å². The predicted molar refractivity (Wildman–Crippen MR) is 174 cm³/mol. The first-order chi connectivity index (χ1) is 23.5. The first-order valence-corrected chi connectivity index (χ1v) is 15.6. The maximum absolute atomic E-state index is 13.7. The van der Waals surface area contributed by atoms with Crippen LogP contribution in [0.25, 0.3) is 22.5 Å². The molecule has 0 saturated carbocycles. The third-order valence-corrected chi connectivity index (χ3v) is 7.60. The second kappa shape index (κ2) is 15.7. The largest absolute Gasteiger partial charge is 0.460 e. The topological polar surface area (TPSA) is 201 Å². The number of carbonyl (C=O) groups is 2. The van der Waals surface area contributed by atoms with Gasteiger partial charge in [0, 0.05) is 18.5 Å². The van der Waals surface area contributed by atoms with Crippen LogP contribution in [0.3, 0.4) is 0 Å². The Bertz CT molecular complexity index is 1850. The van der Waals surface area contributed by atoms with Gasteiger partial charge in [-0.15, -0.1) is 10.2 Å². The Morgan fingerprint density at radius 2 is 1.59 bits per heavy atom. The molecule has 0 aliphatic rings. The van der Waals surface area contributed by atoms with Gasteiger partial charge in [0.25, 0.3) is 5.91 Å². The van der Waals surface area contributed by atoms with E-state index in [9.17, 15) is 14.7 Å². The summed E-state index contributed by atoms with van der Waals surface area (Å²) in [4.78, 5) is 35.6. The number of ether oxygens (including phenoxy) is 1. The fourth-order valence-corrected chi connectivity index (χ4v) is 5.23. The Morgan fingerprint density at radius 3 is 2.20 bits per heavy atom. The number of carbonyl (C=O) groups excluding carboxylic acids is 2. The van der Waals surface area contributed by atoms with E-state index in [1.54, 1.807) is 42.7 Å². The van der Waals surface area contributed by atoms with Gasteiger partial charge in [-0.3, -0.25) is 20.0 Å². The minimum Gasteiger partial charge on any atom is -0.460 e. The van der Waals surface area contributed by atoms with Crippen LogP contribution in [0, 0.1) is 0 Å². The molecule has 0 aliphatic heterocycles. The quantitative estimate of drug-likeness (QED) is 0.0795. The fourth-order valence-electron chi connectivity index (χ4n) is 5.23. The summed E-state index contributed by atoms with van der Waals surface area (Å²) in [7, 11) is 0. The molecule has 0 radical (unpaired) electrons. The highest BCUT2D eigenvalue weighted by Crippen LogP contribution is 2.31. The van der Waals surface area contributed by atoms with Crippen molar-refractivity contribution in [1.29, 1.82) is 0 Å². The van der Waals surface area contributed by atoms with Crippen LogP contribution in [0.2, 0.25) is 0 Å². The monoisotopic (exact) mass is 670 g/mol. The predicted octanol–water partition coefficient (Wildman–Crippen LogP) is 3.94. The van der Waals surface area contributed by atoms with E-state index in [4.69, 9.17) is 20.1 Å². The zero-order valence-corrected chi connectivity index (χ0v) is 27.3. The van der Waals surface area contributed by atoms with E-state index in [0.717, 1.165) is 28.7 Å². The summed E-state index contributed by atoms with van der Waals surface area (Å²) < 4.78 is 7.13. The van der Waals surface area contributed by atoms with Crippen molar-refractivity contribution in [3.8, 4) is 22.5 Å². The molecule has 0 spiro atoms. The molecule has 15 nitrogen and oxygen atoms in total. The van der Waals surface area contributed by atoms with E-state index in [0.29, 0.717) is 35.7 Å². The summed E-state index contributed by atoms with van der Waals surface area (Å²) in [6.07, 6.45) is 1.33. The number of amides is 1. The lowest BCUT2D eigenvalue weighted by Crippen LogP contribution is -2.34. The molecule has 1 amide bonds. The minimum atomic E-state index is -1.44. The Kier molecular flexibility index (Phi) is 11.2. The number of benzene rings is 3. The number of esters is 1. The number of nitrogens with one attached hydrogen (secondary N) is 2. The van der Waals surface area contributed by atoms with E-state index < -0.39 is 24.0 Å². The summed E-state index contributed by atoms with van der Waals surface area (Å²) in [5.41, 5.74) is 3.90. The molecule has 15 heteroatoms. The molecule has 256 valence electrons. The fraction of sp³-hybridized carbons (Fsp3) is 0.294. The highest BCUT2D eigenvalue weighted by atomic mass is 17.1. The average Bonchev–Trinajstić information content (AvgIpc) is 3.75. The molecule has 0 fully saturated rings. The standard InChI is InChI=1S/C34H38N8O7/c1-4-7-28-36-31(34(2,3)45)30(33(44)35-18-29(43)48-20-23-10-12-24(13-11-23)21-49-42(46)47)41(28)19-22-14-16-25(17-15-22)26-8-5-6-9-27(26)32-37-39-40-38-32/h5-6,8-17,45-47H,4,7,18-21H2,1-3H3,(H,35,44)(H,37,38,39,40). The summed E-state index contributed by atoms with van der Waals surface area (Å²) in [6.45, 7) is 4.94. The van der Waals surface area contributed by atoms with Crippen LogP contribution >= 0.6 is 0 Å². The number of aliphatic hydroxyl groups is 1. The van der Waals surface area contributed by atoms with Crippen LogP contribution in [0.1, 0.15) is 65.9 Å². The zero-order chi connectivity index (χ0) is 35.0. The number of aromatic amines is 1. The van der Waals surface area contributed by atoms with Gasteiger partial charge in [0.15, 0.2) is 0 Å². The Labute approximate surface area is 282 Å². The van der Waals surface area contributed by atoms with Crippen molar-refractivity contribution in [2.45, 2.75) is 59.0 Å². The third-order valence-electron chi connectivity index (χ3n) is 7.60. The number of aryl methyl sites for hydroxylation is 1. The number of hydrogen-bond donors (Lipinski definition) is 5. The summed E-state index contributed by atoms with van der Waals surface area (Å²) in [5, 5.41) is 45.1. The van der Waals surface area contributed by atoms with Gasteiger partial charge in [-0.2, -0.15) is 5.21 Å². The number of aromatic nitrogens is 6. The van der Waals surface area contributed by atoms with Crippen molar-refractivity contribution in [2.75, 3.05) is 6.54 Å². The van der Waals surface area contributed by atoms with Crippen LogP contribution in [-0.2, 0) is 46.1 Å². The molecule has 5 rings (SSSR count). The highest BCUT2D eigenvalue weighted by molar-refractivity contribution is 5.96. The second-order valence-electron chi connectivity index (χ2n) is 11.8. The number of imidazole rings is 1. The van der Waals surface area contributed by atoms with Crippen molar-refractivity contribution >= 4 is 11.9 Å². The summed E-state index contributed by atoms with van der Waals surface area (Å²) >= 11 is 0. The van der Waals surface area contributed by atoms with Crippen LogP contribution in [0.5, 0.6) is 0 Å². The lowest BCUT2D eigenvalue weighted by molar-refractivity contribution is -0.497. The molecule has 0 unspecified atom stereocenters. The van der Waals surface area contributed by atoms with E-state index in [1.165, 1.54) is 0 Å². The van der Waals surface area contributed by atoms with Crippen LogP contribution in [-0.4, -0.2) is 69.5 Å². The number of hydrogen-bond acceptors (Lipinski definition) is 12. The molecule has 2 heterocycles. The normalized spacial score (nSPS) is 11.6. The zero-order valence-electron chi connectivity index (χ0n) is 27.3. The van der Waals surface area contributed by atoms with Gasteiger partial charge < -0.3 is 19.7 Å². The minimum absolute atomic E-state index is 0.0367. The van der Waals surface area contributed by atoms with E-state index in [2.05, 4.69) is 30.8 Å². The first kappa shape index (κ1) is 35.0. The van der Waals surface area contributed by atoms with Gasteiger partial charge in [-0.05, 0) is 53.3 Å². The molecule has 3 aromatic carbocycles. The summed E-state index contributed by atoms with van der Waals surface area (Å²) in [6, 6.07) is 22.4. The van der Waals surface area contributed by atoms with Gasteiger partial charge in [-0.25, -0.2) is 9.82 Å². The lowest BCUT2D eigenvalue weighted by Gasteiger charge is -2.18. The van der Waals surface area contributed by atoms with Gasteiger partial charge >= 0.3 is 5.97 Å². The molecular weight excluding hydrogens is 632 g/mol. The maximum Gasteiger partial charge on any atom is 0.325 e. The van der Waals surface area contributed by atoms with Gasteiger partial charge in [-0.1, -0.05) is 79.7 Å². The van der Waals surface area contributed by atoms with Crippen molar-refractivity contribution in [3.63, 3.8) is 0 Å². The Morgan fingerprint density at radius 1 is 0.939 bits per heavy atom. The van der Waals surface area contributed by atoms with Gasteiger partial charge in [0.1, 0.15) is 36.0 Å². The van der Waals surface area contributed by atoms with Crippen molar-refractivity contribution < 1.29 is 34.7 Å². The molecule has 5 aromatic rings. The van der Waals surface area contributed by atoms with Gasteiger partial charge in [0.05, 0.1) is 12.0 Å². The Balaban J connectivity index is 1.31. The van der Waals surface area contributed by atoms with Crippen molar-refractivity contribution in [1.82, 2.24) is 40.9 Å². The average molecular weight is 671 g/mol. The summed E-state index contributed by atoms with van der Waals surface area (Å²) in [5.74, 6) is -0.0983. The number of nitrogens with zero attached hydrogens (tertiary/aromatic N) is 6. The van der Waals surface area contributed by atoms with Crippen LogP contribution in [0.4, 0.5) is 0 Å². The smallest absolute Gasteiger partial charge is 0.325 e. The molecule has 0 saturated heterocycles. The second-order valence-corrected chi connectivity index (χ2v) is 11.8. The van der Waals surface area contributed by atoms with Crippen LogP contribution in [0.15, 0.2) is 72.8 Å². The van der Waals surface area contributed by atoms with Gasteiger partial charge in [0.2, 0.25) is 5.82 Å². The number of rotatable bonds is 15. The third kappa shape index (κ3) is 8.98. The number of tetrazole rings is 1. The number of H-pyrrole nitrogens is 1. The molecule has 2 aromatic heterocycles. The molecule has 0 bridgehead atoms. The lowest BCUT2D eigenvalue weighted by atomic mass is 9.98. The van der Waals surface area contributed by atoms with Crippen LogP contribution < -0.4 is 5.32 Å².